The minimum Gasteiger partial charge on any atom is -0.368 e. The first-order chi connectivity index (χ1) is 9.08. The summed E-state index contributed by atoms with van der Waals surface area (Å²) in [5, 5.41) is 13.4. The van der Waals surface area contributed by atoms with Crippen molar-refractivity contribution in [3.05, 3.63) is 12.2 Å². The second-order valence-electron chi connectivity index (χ2n) is 6.01. The van der Waals surface area contributed by atoms with E-state index in [2.05, 4.69) is 25.7 Å². The second kappa shape index (κ2) is 8.72. The fourth-order valence-corrected chi connectivity index (χ4v) is 3.09. The van der Waals surface area contributed by atoms with Crippen LogP contribution in [0.3, 0.4) is 0 Å². The Bertz CT molecular complexity index is 267. The molecule has 0 bridgehead atoms. The molecule has 3 unspecified atom stereocenters. The molecule has 112 valence electrons. The van der Waals surface area contributed by atoms with Crippen molar-refractivity contribution in [1.82, 2.24) is 5.32 Å². The SMILES string of the molecule is C=C(C)[C@@H](CCC)NCC1CCCC(C(O)OC)C1. The monoisotopic (exact) mass is 269 g/mol. The molecule has 0 saturated heterocycles. The van der Waals surface area contributed by atoms with Gasteiger partial charge in [0.25, 0.3) is 0 Å². The highest BCUT2D eigenvalue weighted by atomic mass is 16.6. The van der Waals surface area contributed by atoms with Crippen LogP contribution in [-0.2, 0) is 4.74 Å². The lowest BCUT2D eigenvalue weighted by Gasteiger charge is -2.32. The number of aliphatic hydroxyl groups excluding tert-OH is 1. The molecule has 1 aliphatic carbocycles. The molecule has 0 heterocycles. The molecule has 3 nitrogen and oxygen atoms in total. The van der Waals surface area contributed by atoms with E-state index < -0.39 is 6.29 Å². The summed E-state index contributed by atoms with van der Waals surface area (Å²) in [5.74, 6) is 0.960. The van der Waals surface area contributed by atoms with Gasteiger partial charge in [-0.05, 0) is 45.1 Å². The van der Waals surface area contributed by atoms with Gasteiger partial charge < -0.3 is 15.2 Å². The van der Waals surface area contributed by atoms with Crippen LogP contribution in [0.2, 0.25) is 0 Å². The molecular formula is C16H31NO2. The van der Waals surface area contributed by atoms with Crippen LogP contribution in [0, 0.1) is 11.8 Å². The van der Waals surface area contributed by atoms with Crippen LogP contribution < -0.4 is 5.32 Å². The van der Waals surface area contributed by atoms with Gasteiger partial charge in [0.05, 0.1) is 0 Å². The van der Waals surface area contributed by atoms with E-state index in [-0.39, 0.29) is 0 Å². The van der Waals surface area contributed by atoms with Gasteiger partial charge in [0.15, 0.2) is 6.29 Å². The Kier molecular flexibility index (Phi) is 7.66. The lowest BCUT2D eigenvalue weighted by atomic mass is 9.81. The number of nitrogens with one attached hydrogen (secondary N) is 1. The highest BCUT2D eigenvalue weighted by molar-refractivity contribution is 5.01. The summed E-state index contributed by atoms with van der Waals surface area (Å²) in [6, 6.07) is 0.442. The number of ether oxygens (including phenoxy) is 1. The number of methoxy groups -OCH3 is 1. The van der Waals surface area contributed by atoms with Gasteiger partial charge in [0, 0.05) is 19.1 Å². The lowest BCUT2D eigenvalue weighted by Crippen LogP contribution is -2.37. The number of hydrogen-bond donors (Lipinski definition) is 2. The summed E-state index contributed by atoms with van der Waals surface area (Å²) >= 11 is 0. The van der Waals surface area contributed by atoms with Crippen molar-refractivity contribution in [3.63, 3.8) is 0 Å². The summed E-state index contributed by atoms with van der Waals surface area (Å²) < 4.78 is 5.06. The van der Waals surface area contributed by atoms with Crippen molar-refractivity contribution in [2.45, 2.75) is 64.7 Å². The zero-order chi connectivity index (χ0) is 14.3. The predicted molar refractivity (Wildman–Crippen MR) is 80.0 cm³/mol. The van der Waals surface area contributed by atoms with Crippen LogP contribution in [0.4, 0.5) is 0 Å². The second-order valence-corrected chi connectivity index (χ2v) is 6.01. The largest absolute Gasteiger partial charge is 0.368 e. The lowest BCUT2D eigenvalue weighted by molar-refractivity contribution is -0.124. The third-order valence-corrected chi connectivity index (χ3v) is 4.29. The maximum Gasteiger partial charge on any atom is 0.156 e. The maximum absolute atomic E-state index is 9.79. The first kappa shape index (κ1) is 16.7. The van der Waals surface area contributed by atoms with Gasteiger partial charge >= 0.3 is 0 Å². The molecule has 2 N–H and O–H groups in total. The van der Waals surface area contributed by atoms with E-state index in [1.807, 2.05) is 0 Å². The first-order valence-electron chi connectivity index (χ1n) is 7.68. The Morgan fingerprint density at radius 2 is 2.21 bits per heavy atom. The quantitative estimate of drug-likeness (QED) is 0.525. The average Bonchev–Trinajstić information content (AvgIpc) is 2.42. The molecule has 0 spiro atoms. The minimum absolute atomic E-state index is 0.306. The van der Waals surface area contributed by atoms with Crippen molar-refractivity contribution in [1.29, 1.82) is 0 Å². The normalized spacial score (nSPS) is 26.9. The van der Waals surface area contributed by atoms with Gasteiger partial charge in [-0.2, -0.15) is 0 Å². The first-order valence-corrected chi connectivity index (χ1v) is 7.68. The Morgan fingerprint density at radius 1 is 1.47 bits per heavy atom. The fraction of sp³-hybridized carbons (Fsp3) is 0.875. The topological polar surface area (TPSA) is 41.5 Å². The highest BCUT2D eigenvalue weighted by Gasteiger charge is 2.27. The molecule has 3 heteroatoms. The number of aliphatic hydroxyl groups is 1. The molecule has 19 heavy (non-hydrogen) atoms. The summed E-state index contributed by atoms with van der Waals surface area (Å²) in [6.07, 6.45) is 6.36. The van der Waals surface area contributed by atoms with Gasteiger partial charge in [-0.15, -0.1) is 0 Å². The van der Waals surface area contributed by atoms with Gasteiger partial charge in [-0.3, -0.25) is 0 Å². The Hall–Kier alpha value is -0.380. The third-order valence-electron chi connectivity index (χ3n) is 4.29. The molecule has 1 saturated carbocycles. The zero-order valence-corrected chi connectivity index (χ0v) is 12.8. The van der Waals surface area contributed by atoms with Crippen LogP contribution in [-0.4, -0.2) is 31.1 Å². The number of hydrogen-bond acceptors (Lipinski definition) is 3. The zero-order valence-electron chi connectivity index (χ0n) is 12.8. The van der Waals surface area contributed by atoms with Crippen molar-refractivity contribution in [2.75, 3.05) is 13.7 Å². The molecule has 0 aromatic rings. The van der Waals surface area contributed by atoms with Crippen molar-refractivity contribution < 1.29 is 9.84 Å². The van der Waals surface area contributed by atoms with Gasteiger partial charge in [0.2, 0.25) is 0 Å². The van der Waals surface area contributed by atoms with Crippen LogP contribution in [0.15, 0.2) is 12.2 Å². The van der Waals surface area contributed by atoms with E-state index in [1.54, 1.807) is 7.11 Å². The molecule has 0 aromatic heterocycles. The molecule has 1 aliphatic rings. The highest BCUT2D eigenvalue weighted by Crippen LogP contribution is 2.31. The molecular weight excluding hydrogens is 238 g/mol. The van der Waals surface area contributed by atoms with Crippen LogP contribution in [0.5, 0.6) is 0 Å². The third kappa shape index (κ3) is 5.64. The van der Waals surface area contributed by atoms with Crippen molar-refractivity contribution >= 4 is 0 Å². The van der Waals surface area contributed by atoms with E-state index >= 15 is 0 Å². The van der Waals surface area contributed by atoms with Crippen molar-refractivity contribution in [2.24, 2.45) is 11.8 Å². The molecule has 1 rings (SSSR count). The van der Waals surface area contributed by atoms with Crippen molar-refractivity contribution in [3.8, 4) is 0 Å². The van der Waals surface area contributed by atoms with E-state index in [1.165, 1.54) is 24.8 Å². The Labute approximate surface area is 118 Å². The Morgan fingerprint density at radius 3 is 2.79 bits per heavy atom. The average molecular weight is 269 g/mol. The molecule has 0 aromatic carbocycles. The molecule has 1 fully saturated rings. The van der Waals surface area contributed by atoms with Gasteiger partial charge in [0.1, 0.15) is 0 Å². The van der Waals surface area contributed by atoms with E-state index in [0.717, 1.165) is 25.8 Å². The summed E-state index contributed by atoms with van der Waals surface area (Å²) in [7, 11) is 1.59. The maximum atomic E-state index is 9.79. The fourth-order valence-electron chi connectivity index (χ4n) is 3.09. The number of rotatable bonds is 8. The van der Waals surface area contributed by atoms with E-state index in [9.17, 15) is 5.11 Å². The summed E-state index contributed by atoms with van der Waals surface area (Å²) in [4.78, 5) is 0. The van der Waals surface area contributed by atoms with E-state index in [4.69, 9.17) is 4.74 Å². The summed E-state index contributed by atoms with van der Waals surface area (Å²) in [6.45, 7) is 9.42. The van der Waals surface area contributed by atoms with Gasteiger partial charge in [-0.1, -0.05) is 31.9 Å². The standard InChI is InChI=1S/C16H31NO2/c1-5-7-15(12(2)3)17-11-13-8-6-9-14(10-13)16(18)19-4/h13-18H,2,5-11H2,1,3-4H3/t13?,14?,15-,16?/m1/s1. The van der Waals surface area contributed by atoms with Crippen LogP contribution >= 0.6 is 0 Å². The van der Waals surface area contributed by atoms with E-state index in [0.29, 0.717) is 17.9 Å². The van der Waals surface area contributed by atoms with Gasteiger partial charge in [-0.25, -0.2) is 0 Å². The minimum atomic E-state index is -0.588. The van der Waals surface area contributed by atoms with Crippen LogP contribution in [0.25, 0.3) is 0 Å². The molecule has 0 radical (unpaired) electrons. The molecule has 4 atom stereocenters. The molecule has 0 amide bonds. The van der Waals surface area contributed by atoms with Crippen LogP contribution in [0.1, 0.15) is 52.4 Å². The Balaban J connectivity index is 2.37. The molecule has 0 aliphatic heterocycles. The smallest absolute Gasteiger partial charge is 0.156 e. The predicted octanol–water partition coefficient (Wildman–Crippen LogP) is 3.09. The summed E-state index contributed by atoms with van der Waals surface area (Å²) in [5.41, 5.74) is 1.23.